The first-order chi connectivity index (χ1) is 11.9. The number of para-hydroxylation sites is 1. The van der Waals surface area contributed by atoms with Crippen LogP contribution in [0, 0.1) is 6.92 Å². The lowest BCUT2D eigenvalue weighted by Gasteiger charge is -2.23. The van der Waals surface area contributed by atoms with Crippen LogP contribution in [-0.2, 0) is 20.2 Å². The number of rotatable bonds is 2. The Balaban J connectivity index is 1.72. The van der Waals surface area contributed by atoms with Gasteiger partial charge in [0, 0.05) is 25.8 Å². The summed E-state index contributed by atoms with van der Waals surface area (Å²) in [6.45, 7) is 2.47. The fourth-order valence-electron chi connectivity index (χ4n) is 3.95. The monoisotopic (exact) mass is 356 g/mol. The van der Waals surface area contributed by atoms with E-state index in [0.717, 1.165) is 16.8 Å². The summed E-state index contributed by atoms with van der Waals surface area (Å²) in [6.07, 6.45) is 0.512. The minimum absolute atomic E-state index is 0.0182. The standard InChI is InChI=1S/C19H20N2O3S/c1-14-7-9-15(10-8-14)25(23,24)21-12-11-19(13-21)16-5-3-4-6-17(16)20(2)18(19)22/h3-10H,11-13H2,1-2H3/t19-/m1/s1. The molecular formula is C19H20N2O3S. The number of carbonyl (C=O) groups is 1. The lowest BCUT2D eigenvalue weighted by atomic mass is 9.81. The van der Waals surface area contributed by atoms with Crippen LogP contribution in [0.25, 0.3) is 0 Å². The van der Waals surface area contributed by atoms with Crippen molar-refractivity contribution in [2.75, 3.05) is 25.0 Å². The van der Waals surface area contributed by atoms with Crippen molar-refractivity contribution in [3.05, 3.63) is 59.7 Å². The van der Waals surface area contributed by atoms with Gasteiger partial charge in [-0.3, -0.25) is 4.79 Å². The van der Waals surface area contributed by atoms with Crippen LogP contribution in [0.5, 0.6) is 0 Å². The molecule has 2 aliphatic rings. The highest BCUT2D eigenvalue weighted by molar-refractivity contribution is 7.89. The average molecular weight is 356 g/mol. The van der Waals surface area contributed by atoms with Crippen molar-refractivity contribution in [3.63, 3.8) is 0 Å². The lowest BCUT2D eigenvalue weighted by Crippen LogP contribution is -2.42. The van der Waals surface area contributed by atoms with Crippen molar-refractivity contribution >= 4 is 21.6 Å². The van der Waals surface area contributed by atoms with Crippen molar-refractivity contribution in [2.24, 2.45) is 0 Å². The number of sulfonamides is 1. The quantitative estimate of drug-likeness (QED) is 0.830. The molecular weight excluding hydrogens is 336 g/mol. The van der Waals surface area contributed by atoms with Crippen molar-refractivity contribution in [3.8, 4) is 0 Å². The van der Waals surface area contributed by atoms with E-state index in [9.17, 15) is 13.2 Å². The van der Waals surface area contributed by atoms with Crippen LogP contribution >= 0.6 is 0 Å². The topological polar surface area (TPSA) is 57.7 Å². The Bertz CT molecular complexity index is 953. The van der Waals surface area contributed by atoms with E-state index < -0.39 is 15.4 Å². The maximum absolute atomic E-state index is 13.0. The van der Waals surface area contributed by atoms with Gasteiger partial charge in [-0.05, 0) is 37.1 Å². The molecule has 0 N–H and O–H groups in total. The summed E-state index contributed by atoms with van der Waals surface area (Å²) in [5.41, 5.74) is 2.06. The molecule has 1 saturated heterocycles. The molecule has 0 aliphatic carbocycles. The van der Waals surface area contributed by atoms with Crippen LogP contribution in [0.2, 0.25) is 0 Å². The van der Waals surface area contributed by atoms with Crippen LogP contribution in [0.1, 0.15) is 17.5 Å². The lowest BCUT2D eigenvalue weighted by molar-refractivity contribution is -0.122. The normalized spacial score (nSPS) is 23.4. The Morgan fingerprint density at radius 3 is 2.44 bits per heavy atom. The molecule has 4 rings (SSSR count). The molecule has 0 saturated carbocycles. The second-order valence-electron chi connectivity index (χ2n) is 6.87. The van der Waals surface area contributed by atoms with Crippen molar-refractivity contribution < 1.29 is 13.2 Å². The molecule has 1 amide bonds. The minimum atomic E-state index is -3.60. The third kappa shape index (κ3) is 2.24. The molecule has 1 spiro atoms. The van der Waals surface area contributed by atoms with Gasteiger partial charge in [0.1, 0.15) is 0 Å². The van der Waals surface area contributed by atoms with Gasteiger partial charge >= 0.3 is 0 Å². The second kappa shape index (κ2) is 5.41. The summed E-state index contributed by atoms with van der Waals surface area (Å²) < 4.78 is 27.4. The fourth-order valence-corrected chi connectivity index (χ4v) is 5.45. The summed E-state index contributed by atoms with van der Waals surface area (Å²) in [5, 5.41) is 0. The maximum Gasteiger partial charge on any atom is 0.243 e. The van der Waals surface area contributed by atoms with E-state index in [2.05, 4.69) is 0 Å². The Hall–Kier alpha value is -2.18. The predicted octanol–water partition coefficient (Wildman–Crippen LogP) is 2.30. The van der Waals surface area contributed by atoms with Crippen LogP contribution in [0.15, 0.2) is 53.4 Å². The number of fused-ring (bicyclic) bond motifs is 2. The number of aryl methyl sites for hydroxylation is 1. The molecule has 5 nitrogen and oxygen atoms in total. The second-order valence-corrected chi connectivity index (χ2v) is 8.80. The summed E-state index contributed by atoms with van der Waals surface area (Å²) in [6, 6.07) is 14.5. The zero-order valence-corrected chi connectivity index (χ0v) is 15.1. The zero-order chi connectivity index (χ0) is 17.8. The zero-order valence-electron chi connectivity index (χ0n) is 14.3. The Kier molecular flexibility index (Phi) is 3.53. The van der Waals surface area contributed by atoms with E-state index in [1.807, 2.05) is 31.2 Å². The highest BCUT2D eigenvalue weighted by atomic mass is 32.2. The van der Waals surface area contributed by atoms with Gasteiger partial charge in [-0.2, -0.15) is 4.31 Å². The number of nitrogens with zero attached hydrogens (tertiary/aromatic N) is 2. The summed E-state index contributed by atoms with van der Waals surface area (Å²) in [5.74, 6) is -0.0182. The molecule has 2 aliphatic heterocycles. The number of carbonyl (C=O) groups excluding carboxylic acids is 1. The molecule has 130 valence electrons. The van der Waals surface area contributed by atoms with Crippen molar-refractivity contribution in [1.29, 1.82) is 0 Å². The molecule has 25 heavy (non-hydrogen) atoms. The van der Waals surface area contributed by atoms with E-state index in [4.69, 9.17) is 0 Å². The number of hydrogen-bond donors (Lipinski definition) is 0. The Labute approximate surface area is 147 Å². The fraction of sp³-hybridized carbons (Fsp3) is 0.316. The predicted molar refractivity (Wildman–Crippen MR) is 96.1 cm³/mol. The first-order valence-electron chi connectivity index (χ1n) is 8.31. The molecule has 0 radical (unpaired) electrons. The van der Waals surface area contributed by atoms with E-state index in [0.29, 0.717) is 13.0 Å². The van der Waals surface area contributed by atoms with Gasteiger partial charge in [-0.25, -0.2) is 8.42 Å². The molecule has 2 aromatic carbocycles. The molecule has 2 aromatic rings. The number of amides is 1. The summed E-state index contributed by atoms with van der Waals surface area (Å²) in [4.78, 5) is 14.9. The van der Waals surface area contributed by atoms with Crippen molar-refractivity contribution in [2.45, 2.75) is 23.7 Å². The highest BCUT2D eigenvalue weighted by Gasteiger charge is 2.55. The van der Waals surface area contributed by atoms with Gasteiger partial charge in [0.15, 0.2) is 0 Å². The first-order valence-corrected chi connectivity index (χ1v) is 9.75. The van der Waals surface area contributed by atoms with Crippen LogP contribution in [0.4, 0.5) is 5.69 Å². The van der Waals surface area contributed by atoms with Gasteiger partial charge in [0.2, 0.25) is 15.9 Å². The molecule has 2 heterocycles. The molecule has 0 aromatic heterocycles. The van der Waals surface area contributed by atoms with Crippen LogP contribution in [0.3, 0.4) is 0 Å². The minimum Gasteiger partial charge on any atom is -0.314 e. The average Bonchev–Trinajstić information content (AvgIpc) is 3.15. The molecule has 1 atom stereocenters. The molecule has 6 heteroatoms. The smallest absolute Gasteiger partial charge is 0.243 e. The Morgan fingerprint density at radius 2 is 1.72 bits per heavy atom. The molecule has 1 fully saturated rings. The van der Waals surface area contributed by atoms with E-state index in [1.165, 1.54) is 4.31 Å². The SMILES string of the molecule is Cc1ccc(S(=O)(=O)N2CC[C@]3(C2)C(=O)N(C)c2ccccc23)cc1. The number of hydrogen-bond acceptors (Lipinski definition) is 3. The first kappa shape index (κ1) is 16.3. The molecule has 0 bridgehead atoms. The summed E-state index contributed by atoms with van der Waals surface area (Å²) in [7, 11) is -1.84. The van der Waals surface area contributed by atoms with Gasteiger partial charge in [-0.15, -0.1) is 0 Å². The van der Waals surface area contributed by atoms with Gasteiger partial charge in [0.05, 0.1) is 10.3 Å². The van der Waals surface area contributed by atoms with Gasteiger partial charge in [0.25, 0.3) is 0 Å². The molecule has 0 unspecified atom stereocenters. The largest absolute Gasteiger partial charge is 0.314 e. The highest BCUT2D eigenvalue weighted by Crippen LogP contribution is 2.47. The van der Waals surface area contributed by atoms with E-state index >= 15 is 0 Å². The maximum atomic E-state index is 13.0. The van der Waals surface area contributed by atoms with Crippen molar-refractivity contribution in [1.82, 2.24) is 4.31 Å². The third-order valence-corrected chi connectivity index (χ3v) is 7.25. The van der Waals surface area contributed by atoms with Crippen LogP contribution < -0.4 is 4.90 Å². The van der Waals surface area contributed by atoms with Crippen LogP contribution in [-0.4, -0.2) is 38.8 Å². The Morgan fingerprint density at radius 1 is 1.04 bits per heavy atom. The number of likely N-dealkylation sites (N-methyl/N-ethyl adjacent to an activating group) is 1. The number of benzene rings is 2. The number of anilines is 1. The van der Waals surface area contributed by atoms with E-state index in [1.54, 1.807) is 36.2 Å². The van der Waals surface area contributed by atoms with E-state index in [-0.39, 0.29) is 17.3 Å². The summed E-state index contributed by atoms with van der Waals surface area (Å²) >= 11 is 0. The van der Waals surface area contributed by atoms with Gasteiger partial charge < -0.3 is 4.90 Å². The third-order valence-electron chi connectivity index (χ3n) is 5.39. The van der Waals surface area contributed by atoms with Gasteiger partial charge in [-0.1, -0.05) is 35.9 Å².